The summed E-state index contributed by atoms with van der Waals surface area (Å²) in [7, 11) is 1.26. The first-order chi connectivity index (χ1) is 14.9. The number of nitrogens with zero attached hydrogens (tertiary/aromatic N) is 3. The SMILES string of the molecule is COC(=O)c1cn(Cc2ccc(F)cc2)c(CNCc2cc(C(=O)O)cc(CO)n2)n1. The van der Waals surface area contributed by atoms with Gasteiger partial charge in [0.1, 0.15) is 11.6 Å². The van der Waals surface area contributed by atoms with E-state index in [-0.39, 0.29) is 42.5 Å². The number of carbonyl (C=O) groups excluding carboxylic acids is 1. The summed E-state index contributed by atoms with van der Waals surface area (Å²) in [6, 6.07) is 8.71. The molecule has 31 heavy (non-hydrogen) atoms. The van der Waals surface area contributed by atoms with E-state index in [2.05, 4.69) is 15.3 Å². The average molecular weight is 428 g/mol. The summed E-state index contributed by atoms with van der Waals surface area (Å²) in [6.07, 6.45) is 1.55. The third-order valence-electron chi connectivity index (χ3n) is 4.45. The molecule has 162 valence electrons. The summed E-state index contributed by atoms with van der Waals surface area (Å²) in [5, 5.41) is 21.6. The third-order valence-corrected chi connectivity index (χ3v) is 4.45. The first-order valence-corrected chi connectivity index (χ1v) is 9.33. The quantitative estimate of drug-likeness (QED) is 0.440. The molecule has 0 aliphatic carbocycles. The lowest BCUT2D eigenvalue weighted by Gasteiger charge is -2.10. The average Bonchev–Trinajstić information content (AvgIpc) is 3.17. The van der Waals surface area contributed by atoms with Gasteiger partial charge in [-0.1, -0.05) is 12.1 Å². The molecule has 0 saturated heterocycles. The van der Waals surface area contributed by atoms with Gasteiger partial charge >= 0.3 is 11.9 Å². The smallest absolute Gasteiger partial charge is 0.358 e. The van der Waals surface area contributed by atoms with Crippen molar-refractivity contribution in [2.24, 2.45) is 0 Å². The van der Waals surface area contributed by atoms with Crippen LogP contribution < -0.4 is 5.32 Å². The van der Waals surface area contributed by atoms with E-state index in [1.807, 2.05) is 0 Å². The number of imidazole rings is 1. The number of aromatic nitrogens is 3. The Morgan fingerprint density at radius 3 is 2.48 bits per heavy atom. The number of halogens is 1. The minimum Gasteiger partial charge on any atom is -0.478 e. The summed E-state index contributed by atoms with van der Waals surface area (Å²) in [5.74, 6) is -1.51. The van der Waals surface area contributed by atoms with Gasteiger partial charge in [0.2, 0.25) is 0 Å². The first kappa shape index (κ1) is 22.1. The standard InChI is InChI=1S/C21H21FN4O5/c1-31-21(30)18-11-26(10-13-2-4-15(22)5-3-13)19(25-18)9-23-8-16-6-14(20(28)29)7-17(12-27)24-16/h2-7,11,23,27H,8-10,12H2,1H3,(H,28,29). The Hall–Kier alpha value is -3.63. The number of ether oxygens (including phenoxy) is 1. The van der Waals surface area contributed by atoms with Gasteiger partial charge in [-0.05, 0) is 29.8 Å². The third kappa shape index (κ3) is 5.71. The highest BCUT2D eigenvalue weighted by atomic mass is 19.1. The summed E-state index contributed by atoms with van der Waals surface area (Å²) in [5.41, 5.74) is 1.67. The van der Waals surface area contributed by atoms with Crippen molar-refractivity contribution < 1.29 is 28.9 Å². The maximum atomic E-state index is 13.2. The molecular formula is C21H21FN4O5. The van der Waals surface area contributed by atoms with E-state index in [9.17, 15) is 24.2 Å². The Kier molecular flexibility index (Phi) is 7.06. The van der Waals surface area contributed by atoms with Crippen LogP contribution in [0.2, 0.25) is 0 Å². The molecule has 3 aromatic rings. The van der Waals surface area contributed by atoms with E-state index >= 15 is 0 Å². The number of rotatable bonds is 9. The van der Waals surface area contributed by atoms with Crippen LogP contribution in [0.5, 0.6) is 0 Å². The fraction of sp³-hybridized carbons (Fsp3) is 0.238. The minimum absolute atomic E-state index is 0.0293. The molecule has 3 rings (SSSR count). The van der Waals surface area contributed by atoms with Crippen LogP contribution in [0.4, 0.5) is 4.39 Å². The van der Waals surface area contributed by atoms with Crippen molar-refractivity contribution in [1.82, 2.24) is 19.9 Å². The van der Waals surface area contributed by atoms with Crippen molar-refractivity contribution in [2.75, 3.05) is 7.11 Å². The molecule has 0 spiro atoms. The molecule has 0 aliphatic heterocycles. The molecule has 0 aliphatic rings. The Balaban J connectivity index is 1.76. The molecule has 0 radical (unpaired) electrons. The van der Waals surface area contributed by atoms with Gasteiger partial charge in [-0.3, -0.25) is 4.98 Å². The van der Waals surface area contributed by atoms with Crippen molar-refractivity contribution in [3.8, 4) is 0 Å². The van der Waals surface area contributed by atoms with Gasteiger partial charge in [0.05, 0.1) is 37.2 Å². The van der Waals surface area contributed by atoms with Crippen molar-refractivity contribution in [3.63, 3.8) is 0 Å². The van der Waals surface area contributed by atoms with Gasteiger partial charge < -0.3 is 24.8 Å². The molecule has 0 unspecified atom stereocenters. The van der Waals surface area contributed by atoms with Crippen LogP contribution in [0.25, 0.3) is 0 Å². The Morgan fingerprint density at radius 2 is 1.84 bits per heavy atom. The molecule has 0 saturated carbocycles. The van der Waals surface area contributed by atoms with Gasteiger partial charge in [-0.15, -0.1) is 0 Å². The molecule has 3 N–H and O–H groups in total. The number of aliphatic hydroxyl groups excluding tert-OH is 1. The number of carboxylic acids is 1. The molecule has 0 bridgehead atoms. The highest BCUT2D eigenvalue weighted by molar-refractivity contribution is 5.88. The van der Waals surface area contributed by atoms with E-state index in [0.717, 1.165) is 5.56 Å². The lowest BCUT2D eigenvalue weighted by atomic mass is 10.2. The predicted octanol–water partition coefficient (Wildman–Crippen LogP) is 1.73. The number of aromatic carboxylic acids is 1. The zero-order valence-corrected chi connectivity index (χ0v) is 16.7. The molecular weight excluding hydrogens is 407 g/mol. The fourth-order valence-corrected chi connectivity index (χ4v) is 2.97. The van der Waals surface area contributed by atoms with Gasteiger partial charge in [0, 0.05) is 19.3 Å². The number of hydrogen-bond donors (Lipinski definition) is 3. The number of carboxylic acid groups (broad SMARTS) is 1. The number of esters is 1. The number of pyridine rings is 1. The van der Waals surface area contributed by atoms with Crippen molar-refractivity contribution in [2.45, 2.75) is 26.2 Å². The molecule has 10 heteroatoms. The van der Waals surface area contributed by atoms with Gasteiger partial charge in [0.25, 0.3) is 0 Å². The zero-order chi connectivity index (χ0) is 22.4. The number of nitrogens with one attached hydrogen (secondary N) is 1. The Bertz CT molecular complexity index is 1080. The van der Waals surface area contributed by atoms with Crippen LogP contribution in [0.15, 0.2) is 42.6 Å². The van der Waals surface area contributed by atoms with Crippen LogP contribution in [0.1, 0.15) is 43.6 Å². The first-order valence-electron chi connectivity index (χ1n) is 9.33. The second-order valence-corrected chi connectivity index (χ2v) is 6.69. The van der Waals surface area contributed by atoms with E-state index in [4.69, 9.17) is 4.74 Å². The minimum atomic E-state index is -1.11. The number of hydrogen-bond acceptors (Lipinski definition) is 7. The Morgan fingerprint density at radius 1 is 1.13 bits per heavy atom. The van der Waals surface area contributed by atoms with Crippen LogP contribution in [-0.4, -0.2) is 43.8 Å². The highest BCUT2D eigenvalue weighted by Gasteiger charge is 2.15. The van der Waals surface area contributed by atoms with Crippen molar-refractivity contribution >= 4 is 11.9 Å². The number of benzene rings is 1. The fourth-order valence-electron chi connectivity index (χ4n) is 2.97. The number of aliphatic hydroxyl groups is 1. The van der Waals surface area contributed by atoms with Crippen molar-refractivity contribution in [1.29, 1.82) is 0 Å². The van der Waals surface area contributed by atoms with Crippen LogP contribution in [0.3, 0.4) is 0 Å². The molecule has 2 heterocycles. The topological polar surface area (TPSA) is 127 Å². The van der Waals surface area contributed by atoms with Crippen LogP contribution >= 0.6 is 0 Å². The molecule has 9 nitrogen and oxygen atoms in total. The van der Waals surface area contributed by atoms with Crippen LogP contribution in [-0.2, 0) is 31.0 Å². The number of carbonyl (C=O) groups is 2. The molecule has 2 aromatic heterocycles. The molecule has 0 fully saturated rings. The van der Waals surface area contributed by atoms with E-state index in [1.165, 1.54) is 31.4 Å². The van der Waals surface area contributed by atoms with Gasteiger partial charge in [-0.2, -0.15) is 0 Å². The predicted molar refractivity (Wildman–Crippen MR) is 107 cm³/mol. The maximum Gasteiger partial charge on any atom is 0.358 e. The molecule has 1 aromatic carbocycles. The normalized spacial score (nSPS) is 10.8. The van der Waals surface area contributed by atoms with Crippen molar-refractivity contribution in [3.05, 3.63) is 82.4 Å². The monoisotopic (exact) mass is 428 g/mol. The summed E-state index contributed by atoms with van der Waals surface area (Å²) in [6.45, 7) is 0.443. The van der Waals surface area contributed by atoms with Crippen LogP contribution in [0, 0.1) is 5.82 Å². The van der Waals surface area contributed by atoms with E-state index < -0.39 is 11.9 Å². The summed E-state index contributed by atoms with van der Waals surface area (Å²) in [4.78, 5) is 31.6. The highest BCUT2D eigenvalue weighted by Crippen LogP contribution is 2.12. The second kappa shape index (κ2) is 9.92. The van der Waals surface area contributed by atoms with E-state index in [1.54, 1.807) is 22.9 Å². The lowest BCUT2D eigenvalue weighted by molar-refractivity contribution is 0.0593. The maximum absolute atomic E-state index is 13.2. The molecule has 0 amide bonds. The molecule has 0 atom stereocenters. The summed E-state index contributed by atoms with van der Waals surface area (Å²) < 4.78 is 19.6. The zero-order valence-electron chi connectivity index (χ0n) is 16.7. The van der Waals surface area contributed by atoms with Gasteiger partial charge in [-0.25, -0.2) is 19.0 Å². The van der Waals surface area contributed by atoms with Gasteiger partial charge in [0.15, 0.2) is 5.69 Å². The summed E-state index contributed by atoms with van der Waals surface area (Å²) >= 11 is 0. The van der Waals surface area contributed by atoms with E-state index in [0.29, 0.717) is 18.1 Å². The lowest BCUT2D eigenvalue weighted by Crippen LogP contribution is -2.18. The Labute approximate surface area is 177 Å². The largest absolute Gasteiger partial charge is 0.478 e. The number of methoxy groups -OCH3 is 1. The second-order valence-electron chi connectivity index (χ2n) is 6.69.